The van der Waals surface area contributed by atoms with E-state index in [1.54, 1.807) is 12.1 Å². The molecule has 0 aliphatic heterocycles. The molecule has 0 fully saturated rings. The zero-order chi connectivity index (χ0) is 20.1. The average Bonchev–Trinajstić information content (AvgIpc) is 2.65. The molecule has 0 radical (unpaired) electrons. The number of benzene rings is 1. The highest BCUT2D eigenvalue weighted by Gasteiger charge is 2.44. The minimum Gasteiger partial charge on any atom is -0.370 e. The van der Waals surface area contributed by atoms with E-state index in [1.165, 1.54) is 25.0 Å². The van der Waals surface area contributed by atoms with Gasteiger partial charge in [0.25, 0.3) is 5.69 Å². The van der Waals surface area contributed by atoms with Crippen LogP contribution < -0.4 is 0 Å². The first-order valence-electron chi connectivity index (χ1n) is 9.90. The second-order valence-electron chi connectivity index (χ2n) is 6.18. The lowest BCUT2D eigenvalue weighted by Gasteiger charge is -2.31. The van der Waals surface area contributed by atoms with Gasteiger partial charge in [-0.3, -0.25) is 10.1 Å². The van der Waals surface area contributed by atoms with E-state index in [9.17, 15) is 10.1 Å². The van der Waals surface area contributed by atoms with Gasteiger partial charge in [0.2, 0.25) is 0 Å². The van der Waals surface area contributed by atoms with Gasteiger partial charge in [-0.1, -0.05) is 32.3 Å². The number of non-ortho nitro benzene ring substituents is 1. The van der Waals surface area contributed by atoms with Gasteiger partial charge in [0, 0.05) is 37.1 Å². The largest absolute Gasteiger partial charge is 0.532 e. The van der Waals surface area contributed by atoms with Crippen molar-refractivity contribution in [1.29, 1.82) is 0 Å². The number of nitro groups is 1. The molecule has 1 aromatic carbocycles. The topological polar surface area (TPSA) is 70.8 Å². The van der Waals surface area contributed by atoms with Gasteiger partial charge >= 0.3 is 8.80 Å². The van der Waals surface area contributed by atoms with Crippen molar-refractivity contribution in [2.24, 2.45) is 0 Å². The summed E-state index contributed by atoms with van der Waals surface area (Å²) in [6.45, 7) is 9.56. The maximum atomic E-state index is 10.9. The monoisotopic (exact) mass is 395 g/mol. The molecule has 152 valence electrons. The van der Waals surface area contributed by atoms with Crippen LogP contribution in [-0.4, -0.2) is 33.5 Å². The Labute approximate surface area is 164 Å². The Morgan fingerprint density at radius 1 is 0.963 bits per heavy atom. The average molecular weight is 396 g/mol. The lowest BCUT2D eigenvalue weighted by atomic mass is 10.1. The molecule has 0 aromatic heterocycles. The number of nitrogens with zero attached hydrogens (tertiary/aromatic N) is 1. The molecule has 6 nitrogen and oxygen atoms in total. The third kappa shape index (κ3) is 7.54. The Balaban J connectivity index is 3.22. The highest BCUT2D eigenvalue weighted by molar-refractivity contribution is 6.69. The molecule has 0 N–H and O–H groups in total. The van der Waals surface area contributed by atoms with E-state index in [0.717, 1.165) is 30.0 Å². The van der Waals surface area contributed by atoms with Gasteiger partial charge in [-0.05, 0) is 51.3 Å². The van der Waals surface area contributed by atoms with Crippen molar-refractivity contribution in [2.75, 3.05) is 19.8 Å². The highest BCUT2D eigenvalue weighted by atomic mass is 28.4. The van der Waals surface area contributed by atoms with Crippen molar-refractivity contribution < 1.29 is 18.2 Å². The van der Waals surface area contributed by atoms with Crippen LogP contribution in [0.5, 0.6) is 0 Å². The summed E-state index contributed by atoms with van der Waals surface area (Å²) in [5.41, 5.74) is 0.974. The molecular formula is C20H33NO5Si. The summed E-state index contributed by atoms with van der Waals surface area (Å²) in [5, 5.41) is 11.9. The molecule has 27 heavy (non-hydrogen) atoms. The summed E-state index contributed by atoms with van der Waals surface area (Å²) in [4.78, 5) is 10.5. The molecular weight excluding hydrogens is 362 g/mol. The van der Waals surface area contributed by atoms with E-state index in [0.29, 0.717) is 19.8 Å². The van der Waals surface area contributed by atoms with E-state index >= 15 is 0 Å². The van der Waals surface area contributed by atoms with Crippen molar-refractivity contribution in [3.63, 3.8) is 0 Å². The number of hydrogen-bond acceptors (Lipinski definition) is 5. The minimum atomic E-state index is -2.98. The van der Waals surface area contributed by atoms with Gasteiger partial charge in [-0.2, -0.15) is 0 Å². The summed E-state index contributed by atoms with van der Waals surface area (Å²) < 4.78 is 18.2. The normalized spacial score (nSPS) is 12.4. The number of allylic oxidation sites excluding steroid dienone is 1. The molecule has 0 unspecified atom stereocenters. The second kappa shape index (κ2) is 12.8. The van der Waals surface area contributed by atoms with Crippen molar-refractivity contribution in [3.8, 4) is 0 Å². The fraction of sp³-hybridized carbons (Fsp3) is 0.600. The maximum Gasteiger partial charge on any atom is 0.532 e. The summed E-state index contributed by atoms with van der Waals surface area (Å²) >= 11 is 0. The van der Waals surface area contributed by atoms with Crippen molar-refractivity contribution in [3.05, 3.63) is 45.1 Å². The van der Waals surface area contributed by atoms with Gasteiger partial charge < -0.3 is 13.3 Å². The van der Waals surface area contributed by atoms with Crippen LogP contribution in [0.2, 0.25) is 0 Å². The van der Waals surface area contributed by atoms with Crippen molar-refractivity contribution in [1.82, 2.24) is 0 Å². The van der Waals surface area contributed by atoms with E-state index < -0.39 is 13.7 Å². The first-order chi connectivity index (χ1) is 13.0. The predicted octanol–water partition coefficient (Wildman–Crippen LogP) is 5.54. The summed E-state index contributed by atoms with van der Waals surface area (Å²) in [6, 6.07) is 6.55. The molecule has 1 rings (SSSR count). The van der Waals surface area contributed by atoms with E-state index in [1.807, 2.05) is 26.8 Å². The Hall–Kier alpha value is -1.54. The third-order valence-electron chi connectivity index (χ3n) is 4.14. The number of nitro benzene ring substituents is 1. The zero-order valence-corrected chi connectivity index (χ0v) is 18.0. The second-order valence-corrected chi connectivity index (χ2v) is 8.80. The molecule has 0 spiro atoms. The minimum absolute atomic E-state index is 0.0829. The predicted molar refractivity (Wildman–Crippen MR) is 110 cm³/mol. The molecule has 0 saturated carbocycles. The van der Waals surface area contributed by atoms with Gasteiger partial charge in [0.05, 0.1) is 4.92 Å². The fourth-order valence-corrected chi connectivity index (χ4v) is 5.70. The highest BCUT2D eigenvalue weighted by Crippen LogP contribution is 2.28. The van der Waals surface area contributed by atoms with E-state index in [4.69, 9.17) is 13.3 Å². The number of rotatable bonds is 14. The number of hydrogen-bond donors (Lipinski definition) is 0. The summed E-state index contributed by atoms with van der Waals surface area (Å²) in [7, 11) is -2.98. The van der Waals surface area contributed by atoms with Crippen LogP contribution in [0.3, 0.4) is 0 Å². The standard InChI is InChI=1S/C20H33NO5Si/c1-5-9-10-11-12-20(27(24-6-2,25-7-3)26-8-4)17-18-13-15-19(16-14-18)21(22)23/h13-17H,5-12H2,1-4H3. The van der Waals surface area contributed by atoms with E-state index in [2.05, 4.69) is 6.92 Å². The maximum absolute atomic E-state index is 10.9. The van der Waals surface area contributed by atoms with Crippen LogP contribution in [0, 0.1) is 10.1 Å². The fourth-order valence-electron chi connectivity index (χ4n) is 2.92. The molecule has 0 aliphatic rings. The number of unbranched alkanes of at least 4 members (excludes halogenated alkanes) is 3. The summed E-state index contributed by atoms with van der Waals surface area (Å²) in [6.07, 6.45) is 7.41. The molecule has 0 heterocycles. The first kappa shape index (κ1) is 23.5. The van der Waals surface area contributed by atoms with E-state index in [-0.39, 0.29) is 5.69 Å². The first-order valence-corrected chi connectivity index (χ1v) is 11.6. The lowest BCUT2D eigenvalue weighted by molar-refractivity contribution is -0.384. The van der Waals surface area contributed by atoms with Crippen LogP contribution >= 0.6 is 0 Å². The lowest BCUT2D eigenvalue weighted by Crippen LogP contribution is -2.48. The smallest absolute Gasteiger partial charge is 0.370 e. The Morgan fingerprint density at radius 2 is 1.52 bits per heavy atom. The Morgan fingerprint density at radius 3 is 1.96 bits per heavy atom. The van der Waals surface area contributed by atoms with Crippen LogP contribution in [0.15, 0.2) is 29.5 Å². The third-order valence-corrected chi connectivity index (χ3v) is 7.33. The molecule has 0 bridgehead atoms. The molecule has 1 aromatic rings. The SMILES string of the molecule is CCCCCCC(=Cc1ccc([N+](=O)[O-])cc1)[Si](OCC)(OCC)OCC. The van der Waals surface area contributed by atoms with Crippen LogP contribution in [0.25, 0.3) is 6.08 Å². The Bertz CT molecular complexity index is 572. The van der Waals surface area contributed by atoms with Crippen molar-refractivity contribution >= 4 is 20.6 Å². The van der Waals surface area contributed by atoms with Crippen molar-refractivity contribution in [2.45, 2.75) is 59.8 Å². The summed E-state index contributed by atoms with van der Waals surface area (Å²) in [5.74, 6) is 0. The van der Waals surface area contributed by atoms with Crippen LogP contribution in [0.4, 0.5) is 5.69 Å². The molecule has 0 saturated heterocycles. The van der Waals surface area contributed by atoms with Crippen LogP contribution in [0.1, 0.15) is 65.4 Å². The van der Waals surface area contributed by atoms with Gasteiger partial charge in [-0.15, -0.1) is 0 Å². The molecule has 0 aliphatic carbocycles. The quantitative estimate of drug-likeness (QED) is 0.179. The van der Waals surface area contributed by atoms with Gasteiger partial charge in [0.15, 0.2) is 0 Å². The molecule has 7 heteroatoms. The van der Waals surface area contributed by atoms with Gasteiger partial charge in [-0.25, -0.2) is 0 Å². The van der Waals surface area contributed by atoms with Crippen LogP contribution in [-0.2, 0) is 13.3 Å². The Kier molecular flexibility index (Phi) is 11.1. The molecule has 0 amide bonds. The molecule has 0 atom stereocenters. The van der Waals surface area contributed by atoms with Gasteiger partial charge in [0.1, 0.15) is 0 Å². The zero-order valence-electron chi connectivity index (χ0n) is 17.0.